The number of nitrogens with zero attached hydrogens (tertiary/aromatic N) is 4. The van der Waals surface area contributed by atoms with Crippen LogP contribution in [-0.2, 0) is 24.0 Å². The number of rotatable bonds is 15. The zero-order valence-electron chi connectivity index (χ0n) is 25.7. The van der Waals surface area contributed by atoms with Gasteiger partial charge in [0.15, 0.2) is 0 Å². The molecule has 1 saturated heterocycles. The first-order valence-electron chi connectivity index (χ1n) is 14.4. The minimum Gasteiger partial charge on any atom is -0.480 e. The van der Waals surface area contributed by atoms with Gasteiger partial charge >= 0.3 is 18.0 Å². The van der Waals surface area contributed by atoms with Crippen molar-refractivity contribution in [2.75, 3.05) is 105 Å². The van der Waals surface area contributed by atoms with Crippen LogP contribution >= 0.6 is 0 Å². The molecule has 0 bridgehead atoms. The molecule has 0 radical (unpaired) electrons. The van der Waals surface area contributed by atoms with Crippen LogP contribution in [0.5, 0.6) is 0 Å². The molecule has 0 aliphatic carbocycles. The van der Waals surface area contributed by atoms with Crippen LogP contribution in [0.3, 0.4) is 0 Å². The molecule has 0 spiro atoms. The van der Waals surface area contributed by atoms with Crippen molar-refractivity contribution in [3.63, 3.8) is 0 Å². The first-order valence-corrected chi connectivity index (χ1v) is 14.4. The van der Waals surface area contributed by atoms with Crippen molar-refractivity contribution in [2.45, 2.75) is 33.6 Å². The Hall–Kier alpha value is -2.89. The Bertz CT molecular complexity index is 747. The number of carbonyl (C=O) groups excluding carboxylic acids is 3. The molecular weight excluding hydrogens is 554 g/mol. The van der Waals surface area contributed by atoms with Gasteiger partial charge in [-0.3, -0.25) is 38.8 Å². The number of hydroxylamine groups is 1. The van der Waals surface area contributed by atoms with Crippen molar-refractivity contribution in [3.05, 3.63) is 0 Å². The summed E-state index contributed by atoms with van der Waals surface area (Å²) in [4.78, 5) is 70.1. The molecule has 246 valence electrons. The van der Waals surface area contributed by atoms with Crippen molar-refractivity contribution in [3.8, 4) is 0 Å². The van der Waals surface area contributed by atoms with Crippen LogP contribution in [0.25, 0.3) is 0 Å². The number of aldehydes is 1. The van der Waals surface area contributed by atoms with Crippen LogP contribution in [-0.4, -0.2) is 170 Å². The van der Waals surface area contributed by atoms with Gasteiger partial charge in [0.1, 0.15) is 6.29 Å². The van der Waals surface area contributed by atoms with Gasteiger partial charge in [0.2, 0.25) is 5.91 Å². The Labute approximate surface area is 249 Å². The molecule has 0 saturated carbocycles. The lowest BCUT2D eigenvalue weighted by molar-refractivity contribution is -0.140. The van der Waals surface area contributed by atoms with Gasteiger partial charge in [-0.25, -0.2) is 10.3 Å². The van der Waals surface area contributed by atoms with E-state index in [4.69, 9.17) is 9.94 Å². The molecule has 3 amide bonds. The second kappa shape index (κ2) is 28.2. The van der Waals surface area contributed by atoms with Crippen molar-refractivity contribution in [1.29, 1.82) is 0 Å². The van der Waals surface area contributed by atoms with Crippen molar-refractivity contribution < 1.29 is 44.1 Å². The van der Waals surface area contributed by atoms with Crippen LogP contribution < -0.4 is 16.1 Å². The zero-order chi connectivity index (χ0) is 32.2. The van der Waals surface area contributed by atoms with Crippen LogP contribution in [0, 0.1) is 0 Å². The summed E-state index contributed by atoms with van der Waals surface area (Å²) in [5.41, 5.74) is 2.25. The smallest absolute Gasteiger partial charge is 0.338 e. The van der Waals surface area contributed by atoms with Crippen LogP contribution in [0.1, 0.15) is 33.6 Å². The van der Waals surface area contributed by atoms with E-state index in [-0.39, 0.29) is 45.2 Å². The SMILES string of the molecule is CC.CCCCNC(=O)NOCCNC(=O)CN1CCN(CC=O)CCN(CC(=O)O)CCN(CC(=O)O)CC1.CO. The third-order valence-corrected chi connectivity index (χ3v) is 5.85. The highest BCUT2D eigenvalue weighted by molar-refractivity contribution is 5.78. The van der Waals surface area contributed by atoms with Gasteiger partial charge in [-0.15, -0.1) is 0 Å². The first-order chi connectivity index (χ1) is 20.2. The van der Waals surface area contributed by atoms with E-state index < -0.39 is 18.0 Å². The highest BCUT2D eigenvalue weighted by atomic mass is 16.7. The quantitative estimate of drug-likeness (QED) is 0.0703. The molecule has 0 aromatic rings. The lowest BCUT2D eigenvalue weighted by atomic mass is 10.3. The Morgan fingerprint density at radius 2 is 1.19 bits per heavy atom. The fourth-order valence-corrected chi connectivity index (χ4v) is 3.76. The molecule has 42 heavy (non-hydrogen) atoms. The summed E-state index contributed by atoms with van der Waals surface area (Å²) in [5, 5.41) is 30.9. The molecule has 16 heteroatoms. The first kappa shape index (κ1) is 41.2. The van der Waals surface area contributed by atoms with Crippen molar-refractivity contribution in [2.24, 2.45) is 0 Å². The molecule has 1 aliphatic rings. The molecule has 1 aliphatic heterocycles. The van der Waals surface area contributed by atoms with Crippen LogP contribution in [0.4, 0.5) is 4.79 Å². The van der Waals surface area contributed by atoms with E-state index in [9.17, 15) is 34.2 Å². The molecule has 1 heterocycles. The fraction of sp³-hybridized carbons (Fsp3) is 0.808. The number of aliphatic carboxylic acids is 2. The number of carboxylic acid groups (broad SMARTS) is 2. The Kier molecular flexibility index (Phi) is 27.7. The third-order valence-electron chi connectivity index (χ3n) is 5.85. The van der Waals surface area contributed by atoms with Gasteiger partial charge in [-0.2, -0.15) is 0 Å². The maximum atomic E-state index is 12.5. The molecule has 0 aromatic heterocycles. The van der Waals surface area contributed by atoms with E-state index in [0.717, 1.165) is 26.2 Å². The topological polar surface area (TPSA) is 204 Å². The maximum Gasteiger partial charge on any atom is 0.338 e. The highest BCUT2D eigenvalue weighted by Gasteiger charge is 2.20. The zero-order valence-corrected chi connectivity index (χ0v) is 25.7. The van der Waals surface area contributed by atoms with Gasteiger partial charge in [0, 0.05) is 72.6 Å². The summed E-state index contributed by atoms with van der Waals surface area (Å²) in [6.45, 7) is 9.99. The minimum atomic E-state index is -0.990. The molecule has 6 N–H and O–H groups in total. The van der Waals surface area contributed by atoms with Gasteiger partial charge in [-0.1, -0.05) is 27.2 Å². The van der Waals surface area contributed by atoms with Crippen molar-refractivity contribution in [1.82, 2.24) is 35.7 Å². The summed E-state index contributed by atoms with van der Waals surface area (Å²) >= 11 is 0. The molecular formula is C26H53N7O9. The molecule has 0 unspecified atom stereocenters. The fourth-order valence-electron chi connectivity index (χ4n) is 3.76. The number of urea groups is 1. The minimum absolute atomic E-state index is 0.0614. The number of carbonyl (C=O) groups is 5. The van der Waals surface area contributed by atoms with Gasteiger partial charge in [0.25, 0.3) is 0 Å². The Balaban J connectivity index is 0. The molecule has 1 fully saturated rings. The summed E-state index contributed by atoms with van der Waals surface area (Å²) in [6, 6.07) is -0.444. The number of amides is 3. The lowest BCUT2D eigenvalue weighted by Gasteiger charge is -2.32. The second-order valence-corrected chi connectivity index (χ2v) is 8.99. The number of aliphatic hydroxyl groups excluding tert-OH is 1. The average molecular weight is 608 g/mol. The second-order valence-electron chi connectivity index (χ2n) is 8.99. The van der Waals surface area contributed by atoms with Gasteiger partial charge in [-0.05, 0) is 6.42 Å². The van der Waals surface area contributed by atoms with E-state index in [0.29, 0.717) is 58.9 Å². The number of aliphatic hydroxyl groups is 1. The summed E-state index contributed by atoms with van der Waals surface area (Å²) in [7, 11) is 1.00. The molecule has 16 nitrogen and oxygen atoms in total. The number of carboxylic acids is 2. The van der Waals surface area contributed by atoms with E-state index in [1.807, 2.05) is 30.6 Å². The van der Waals surface area contributed by atoms with Gasteiger partial charge in [0.05, 0.1) is 32.8 Å². The Morgan fingerprint density at radius 1 is 0.738 bits per heavy atom. The largest absolute Gasteiger partial charge is 0.480 e. The maximum absolute atomic E-state index is 12.5. The van der Waals surface area contributed by atoms with Crippen LogP contribution in [0.15, 0.2) is 0 Å². The standard InChI is InChI=1S/C23H43N7O8.C2H6.CH4O/c1-2-3-4-25-23(37)26-38-16-5-24-20(32)17-28-8-6-27(14-15-31)7-9-29(18-21(33)34)12-13-30(11-10-28)19-22(35)36;2*1-2/h15H,2-14,16-19H2,1H3,(H,24,32)(H,33,34)(H,35,36)(H2,25,26,37);1-2H3;2H,1H3. The molecule has 0 aromatic carbocycles. The van der Waals surface area contributed by atoms with E-state index in [1.165, 1.54) is 0 Å². The molecule has 1 rings (SSSR count). The third kappa shape index (κ3) is 23.8. The van der Waals surface area contributed by atoms with Gasteiger partial charge < -0.3 is 30.7 Å². The number of unbranched alkanes of at least 4 members (excludes halogenated alkanes) is 1. The normalized spacial score (nSPS) is 15.7. The van der Waals surface area contributed by atoms with E-state index in [1.54, 1.807) is 9.80 Å². The summed E-state index contributed by atoms with van der Waals surface area (Å²) in [6.07, 6.45) is 2.61. The monoisotopic (exact) mass is 607 g/mol. The highest BCUT2D eigenvalue weighted by Crippen LogP contribution is 2.01. The lowest BCUT2D eigenvalue weighted by Crippen LogP contribution is -2.49. The number of nitrogens with one attached hydrogen (secondary N) is 3. The molecule has 0 atom stereocenters. The number of hydrogen-bond donors (Lipinski definition) is 6. The van der Waals surface area contributed by atoms with E-state index >= 15 is 0 Å². The predicted octanol–water partition coefficient (Wildman–Crippen LogP) is -1.64. The Morgan fingerprint density at radius 3 is 1.62 bits per heavy atom. The number of hydrogen-bond acceptors (Lipinski definition) is 11. The summed E-state index contributed by atoms with van der Waals surface area (Å²) in [5.74, 6) is -2.22. The predicted molar refractivity (Wildman–Crippen MR) is 157 cm³/mol. The van der Waals surface area contributed by atoms with Crippen LogP contribution in [0.2, 0.25) is 0 Å². The average Bonchev–Trinajstić information content (AvgIpc) is 2.96. The summed E-state index contributed by atoms with van der Waals surface area (Å²) < 4.78 is 0. The van der Waals surface area contributed by atoms with Crippen molar-refractivity contribution >= 4 is 30.2 Å². The van der Waals surface area contributed by atoms with E-state index in [2.05, 4.69) is 16.1 Å².